The van der Waals surface area contributed by atoms with Gasteiger partial charge in [-0.25, -0.2) is 0 Å². The third-order valence-corrected chi connectivity index (χ3v) is 5.26. The first-order chi connectivity index (χ1) is 10.3. The summed E-state index contributed by atoms with van der Waals surface area (Å²) in [5.41, 5.74) is 0. The lowest BCUT2D eigenvalue weighted by molar-refractivity contribution is -0.139. The number of carbonyl (C=O) groups is 1. The van der Waals surface area contributed by atoms with Gasteiger partial charge in [0.05, 0.1) is 0 Å². The molecule has 0 radical (unpaired) electrons. The summed E-state index contributed by atoms with van der Waals surface area (Å²) in [5.74, 6) is 1.44. The molecule has 120 valence electrons. The van der Waals surface area contributed by atoms with E-state index in [0.717, 1.165) is 57.9 Å². The van der Waals surface area contributed by atoms with Crippen LogP contribution in [0.15, 0.2) is 0 Å². The zero-order valence-corrected chi connectivity index (χ0v) is 13.0. The first-order valence-electron chi connectivity index (χ1n) is 8.62. The highest BCUT2D eigenvalue weighted by Gasteiger charge is 2.35. The fraction of sp³-hybridized carbons (Fsp3) is 0.938. The summed E-state index contributed by atoms with van der Waals surface area (Å²) in [4.78, 5) is 17.2. The largest absolute Gasteiger partial charge is 0.396 e. The number of piperidine rings is 1. The summed E-state index contributed by atoms with van der Waals surface area (Å²) in [7, 11) is 0. The van der Waals surface area contributed by atoms with E-state index in [4.69, 9.17) is 0 Å². The summed E-state index contributed by atoms with van der Waals surface area (Å²) in [6.45, 7) is 6.00. The summed E-state index contributed by atoms with van der Waals surface area (Å²) in [6.07, 6.45) is 5.47. The molecule has 0 aromatic rings. The van der Waals surface area contributed by atoms with Gasteiger partial charge in [0.15, 0.2) is 0 Å². The van der Waals surface area contributed by atoms with Crippen molar-refractivity contribution < 1.29 is 9.90 Å². The molecule has 2 aliphatic heterocycles. The van der Waals surface area contributed by atoms with Gasteiger partial charge < -0.3 is 15.3 Å². The molecule has 5 heteroatoms. The van der Waals surface area contributed by atoms with Crippen molar-refractivity contribution in [1.29, 1.82) is 0 Å². The van der Waals surface area contributed by atoms with E-state index in [0.29, 0.717) is 11.9 Å². The van der Waals surface area contributed by atoms with Crippen LogP contribution in [0, 0.1) is 11.8 Å². The van der Waals surface area contributed by atoms with Crippen LogP contribution in [0.3, 0.4) is 0 Å². The number of piperazine rings is 1. The van der Waals surface area contributed by atoms with Crippen molar-refractivity contribution in [3.63, 3.8) is 0 Å². The van der Waals surface area contributed by atoms with Crippen LogP contribution in [0.4, 0.5) is 0 Å². The topological polar surface area (TPSA) is 55.8 Å². The summed E-state index contributed by atoms with van der Waals surface area (Å²) in [6, 6.07) is 0.356. The predicted octanol–water partition coefficient (Wildman–Crippen LogP) is 0.291. The van der Waals surface area contributed by atoms with Crippen LogP contribution < -0.4 is 5.32 Å². The Morgan fingerprint density at radius 3 is 2.57 bits per heavy atom. The number of carbonyl (C=O) groups excluding carboxylic acids is 1. The minimum Gasteiger partial charge on any atom is -0.396 e. The number of aliphatic hydroxyl groups is 1. The Kier molecular flexibility index (Phi) is 5.14. The summed E-state index contributed by atoms with van der Waals surface area (Å²) < 4.78 is 0. The Hall–Kier alpha value is -0.650. The number of hydrogen-bond acceptors (Lipinski definition) is 4. The Balaban J connectivity index is 1.55. The van der Waals surface area contributed by atoms with E-state index in [2.05, 4.69) is 15.1 Å². The van der Waals surface area contributed by atoms with Gasteiger partial charge >= 0.3 is 0 Å². The van der Waals surface area contributed by atoms with Crippen LogP contribution in [-0.2, 0) is 4.79 Å². The molecule has 3 aliphatic rings. The molecular weight excluding hydrogens is 266 g/mol. The molecule has 1 atom stereocenters. The first kappa shape index (κ1) is 15.3. The van der Waals surface area contributed by atoms with Gasteiger partial charge in [-0.15, -0.1) is 0 Å². The molecule has 1 amide bonds. The normalized spacial score (nSPS) is 28.8. The maximum Gasteiger partial charge on any atom is 0.225 e. The molecule has 0 unspecified atom stereocenters. The molecule has 2 heterocycles. The highest BCUT2D eigenvalue weighted by molar-refractivity contribution is 5.79. The Morgan fingerprint density at radius 1 is 1.14 bits per heavy atom. The molecule has 1 saturated carbocycles. The molecule has 0 aromatic heterocycles. The maximum absolute atomic E-state index is 12.7. The number of hydrogen-bond donors (Lipinski definition) is 2. The Bertz CT molecular complexity index is 353. The second-order valence-electron chi connectivity index (χ2n) is 6.91. The van der Waals surface area contributed by atoms with Crippen molar-refractivity contribution >= 4 is 5.91 Å². The predicted molar refractivity (Wildman–Crippen MR) is 82.0 cm³/mol. The van der Waals surface area contributed by atoms with Gasteiger partial charge in [-0.3, -0.25) is 9.69 Å². The van der Waals surface area contributed by atoms with Crippen LogP contribution in [0.2, 0.25) is 0 Å². The van der Waals surface area contributed by atoms with Crippen molar-refractivity contribution in [3.05, 3.63) is 0 Å². The van der Waals surface area contributed by atoms with E-state index in [-0.39, 0.29) is 12.5 Å². The van der Waals surface area contributed by atoms with Gasteiger partial charge in [-0.05, 0) is 51.1 Å². The number of rotatable bonds is 5. The van der Waals surface area contributed by atoms with Crippen molar-refractivity contribution in [3.8, 4) is 0 Å². The third kappa shape index (κ3) is 3.96. The lowest BCUT2D eigenvalue weighted by atomic mass is 9.95. The van der Waals surface area contributed by atoms with E-state index in [9.17, 15) is 9.90 Å². The smallest absolute Gasteiger partial charge is 0.225 e. The molecule has 0 bridgehead atoms. The third-order valence-electron chi connectivity index (χ3n) is 5.26. The second-order valence-corrected chi connectivity index (χ2v) is 6.91. The average Bonchev–Trinajstić information content (AvgIpc) is 3.33. The molecule has 3 rings (SSSR count). The minimum absolute atomic E-state index is 0.219. The maximum atomic E-state index is 12.7. The van der Waals surface area contributed by atoms with Gasteiger partial charge in [0.1, 0.15) is 0 Å². The highest BCUT2D eigenvalue weighted by Crippen LogP contribution is 2.31. The summed E-state index contributed by atoms with van der Waals surface area (Å²) in [5, 5.41) is 12.6. The monoisotopic (exact) mass is 295 g/mol. The highest BCUT2D eigenvalue weighted by atomic mass is 16.3. The van der Waals surface area contributed by atoms with Gasteiger partial charge in [0, 0.05) is 44.7 Å². The minimum atomic E-state index is 0.219. The number of amides is 1. The molecule has 2 saturated heterocycles. The van der Waals surface area contributed by atoms with E-state index in [1.165, 1.54) is 19.4 Å². The van der Waals surface area contributed by atoms with Gasteiger partial charge in [0.2, 0.25) is 5.91 Å². The van der Waals surface area contributed by atoms with Crippen LogP contribution in [0.5, 0.6) is 0 Å². The number of nitrogens with zero attached hydrogens (tertiary/aromatic N) is 2. The fourth-order valence-electron chi connectivity index (χ4n) is 3.72. The number of nitrogens with one attached hydrogen (secondary N) is 1. The fourth-order valence-corrected chi connectivity index (χ4v) is 3.72. The zero-order chi connectivity index (χ0) is 14.7. The van der Waals surface area contributed by atoms with E-state index in [1.54, 1.807) is 0 Å². The van der Waals surface area contributed by atoms with Crippen molar-refractivity contribution in [1.82, 2.24) is 15.1 Å². The van der Waals surface area contributed by atoms with Crippen LogP contribution in [0.25, 0.3) is 0 Å². The Labute approximate surface area is 127 Å². The molecular formula is C16H29N3O2. The van der Waals surface area contributed by atoms with Crippen LogP contribution in [0.1, 0.15) is 32.1 Å². The van der Waals surface area contributed by atoms with E-state index < -0.39 is 0 Å². The first-order valence-corrected chi connectivity index (χ1v) is 8.62. The standard InChI is InChI=1S/C16H29N3O2/c20-10-5-15-12-19(9-8-18(15)11-13-1-2-13)16(21)14-3-6-17-7-4-14/h13-15,17,20H,1-12H2/t15-/m0/s1. The second kappa shape index (κ2) is 7.07. The van der Waals surface area contributed by atoms with Crippen molar-refractivity contribution in [2.45, 2.75) is 38.1 Å². The van der Waals surface area contributed by atoms with Crippen molar-refractivity contribution in [2.75, 3.05) is 45.9 Å². The summed E-state index contributed by atoms with van der Waals surface area (Å²) >= 11 is 0. The van der Waals surface area contributed by atoms with Crippen molar-refractivity contribution in [2.24, 2.45) is 11.8 Å². The molecule has 1 aliphatic carbocycles. The zero-order valence-electron chi connectivity index (χ0n) is 13.0. The molecule has 21 heavy (non-hydrogen) atoms. The van der Waals surface area contributed by atoms with Crippen LogP contribution in [-0.4, -0.2) is 72.7 Å². The Morgan fingerprint density at radius 2 is 1.90 bits per heavy atom. The van der Waals surface area contributed by atoms with Gasteiger partial charge in [-0.1, -0.05) is 0 Å². The lowest BCUT2D eigenvalue weighted by Crippen LogP contribution is -2.56. The molecule has 0 aromatic carbocycles. The van der Waals surface area contributed by atoms with Crippen LogP contribution >= 0.6 is 0 Å². The lowest BCUT2D eigenvalue weighted by Gasteiger charge is -2.43. The number of aliphatic hydroxyl groups excluding tert-OH is 1. The SMILES string of the molecule is O=C(C1CCNCC1)N1CCN(CC2CC2)[C@@H](CCO)C1. The average molecular weight is 295 g/mol. The quantitative estimate of drug-likeness (QED) is 0.765. The molecule has 3 fully saturated rings. The van der Waals surface area contributed by atoms with E-state index >= 15 is 0 Å². The van der Waals surface area contributed by atoms with Gasteiger partial charge in [0.25, 0.3) is 0 Å². The van der Waals surface area contributed by atoms with E-state index in [1.807, 2.05) is 0 Å². The van der Waals surface area contributed by atoms with Gasteiger partial charge in [-0.2, -0.15) is 0 Å². The molecule has 2 N–H and O–H groups in total. The molecule has 5 nitrogen and oxygen atoms in total. The molecule has 0 spiro atoms.